The summed E-state index contributed by atoms with van der Waals surface area (Å²) in [5, 5.41) is 7.67. The van der Waals surface area contributed by atoms with Crippen LogP contribution in [0.15, 0.2) is 0 Å². The third kappa shape index (κ3) is 5.86. The molecule has 118 valence electrons. The van der Waals surface area contributed by atoms with Crippen molar-refractivity contribution in [3.05, 3.63) is 0 Å². The van der Waals surface area contributed by atoms with Crippen molar-refractivity contribution < 1.29 is 53.2 Å². The molecular weight excluding hydrogens is 320 g/mol. The van der Waals surface area contributed by atoms with Crippen LogP contribution >= 0.6 is 0 Å². The van der Waals surface area contributed by atoms with E-state index in [1.54, 1.807) is 0 Å². The molecular formula is C6H8F8O4S. The normalized spacial score (nSPS) is 14.1. The Morgan fingerprint density at radius 1 is 1.05 bits per heavy atom. The fourth-order valence-electron chi connectivity index (χ4n) is 0.480. The second kappa shape index (κ2) is 6.17. The number of alkyl halides is 8. The number of aliphatic hydroxyl groups excluding tert-OH is 1. The Morgan fingerprint density at radius 2 is 1.32 bits per heavy atom. The second-order valence-corrected chi connectivity index (χ2v) is 4.56. The zero-order chi connectivity index (χ0) is 16.3. The average Bonchev–Trinajstić information content (AvgIpc) is 2.14. The van der Waals surface area contributed by atoms with Crippen LogP contribution in [0.3, 0.4) is 0 Å². The van der Waals surface area contributed by atoms with E-state index in [0.717, 1.165) is 0 Å². The molecule has 0 amide bonds. The van der Waals surface area contributed by atoms with Crippen molar-refractivity contribution in [3.63, 3.8) is 0 Å². The molecule has 0 radical (unpaired) electrons. The Kier molecular flexibility index (Phi) is 6.70. The second-order valence-electron chi connectivity index (χ2n) is 3.09. The van der Waals surface area contributed by atoms with Gasteiger partial charge in [0.25, 0.3) is 10.1 Å². The lowest BCUT2D eigenvalue weighted by Gasteiger charge is -2.30. The lowest BCUT2D eigenvalue weighted by atomic mass is 10.1. The van der Waals surface area contributed by atoms with Crippen LogP contribution in [-0.4, -0.2) is 55.1 Å². The first-order chi connectivity index (χ1) is 8.00. The van der Waals surface area contributed by atoms with Gasteiger partial charge in [-0.25, -0.2) is 8.78 Å². The largest absolute Gasteiger partial charge is 0.390 e. The van der Waals surface area contributed by atoms with Crippen LogP contribution in [0.2, 0.25) is 0 Å². The molecule has 0 bridgehead atoms. The first-order valence-electron chi connectivity index (χ1n) is 3.95. The van der Waals surface area contributed by atoms with Gasteiger partial charge in [-0.2, -0.15) is 34.8 Å². The minimum absolute atomic E-state index is 0.715. The summed E-state index contributed by atoms with van der Waals surface area (Å²) in [7, 11) is -3.67. The molecule has 4 nitrogen and oxygen atoms in total. The van der Waals surface area contributed by atoms with Crippen molar-refractivity contribution in [3.8, 4) is 0 Å². The fraction of sp³-hybridized carbons (Fsp3) is 1.00. The van der Waals surface area contributed by atoms with Crippen LogP contribution in [0.25, 0.3) is 0 Å². The first-order valence-corrected chi connectivity index (χ1v) is 5.80. The Labute approximate surface area is 101 Å². The summed E-state index contributed by atoms with van der Waals surface area (Å²) < 4.78 is 120. The minimum atomic E-state index is -6.30. The van der Waals surface area contributed by atoms with Gasteiger partial charge in [0.1, 0.15) is 6.61 Å². The SMILES string of the molecule is CS(=O)(=O)O.OCC(F)(F)C(F)(F)C(F)(F)C(F)F. The number of hydrogen-bond acceptors (Lipinski definition) is 3. The maximum atomic E-state index is 12.1. The summed E-state index contributed by atoms with van der Waals surface area (Å²) >= 11 is 0. The van der Waals surface area contributed by atoms with Crippen molar-refractivity contribution in [1.82, 2.24) is 0 Å². The number of aliphatic hydroxyl groups is 1. The Balaban J connectivity index is 0. The molecule has 0 aromatic carbocycles. The molecule has 0 rings (SSSR count). The van der Waals surface area contributed by atoms with E-state index in [4.69, 9.17) is 9.66 Å². The predicted octanol–water partition coefficient (Wildman–Crippen LogP) is 1.65. The first kappa shape index (κ1) is 20.6. The molecule has 0 unspecified atom stereocenters. The summed E-state index contributed by atoms with van der Waals surface area (Å²) in [6, 6.07) is 0. The predicted molar refractivity (Wildman–Crippen MR) is 45.4 cm³/mol. The van der Waals surface area contributed by atoms with Crippen LogP contribution in [-0.2, 0) is 10.1 Å². The highest BCUT2D eigenvalue weighted by molar-refractivity contribution is 7.85. The molecule has 0 atom stereocenters. The van der Waals surface area contributed by atoms with Gasteiger partial charge in [-0.3, -0.25) is 4.55 Å². The molecule has 0 aliphatic carbocycles. The molecule has 0 aromatic heterocycles. The van der Waals surface area contributed by atoms with Gasteiger partial charge < -0.3 is 5.11 Å². The number of hydrogen-bond donors (Lipinski definition) is 2. The minimum Gasteiger partial charge on any atom is -0.390 e. The Morgan fingerprint density at radius 3 is 1.47 bits per heavy atom. The van der Waals surface area contributed by atoms with E-state index in [1.165, 1.54) is 0 Å². The molecule has 0 saturated heterocycles. The lowest BCUT2D eigenvalue weighted by Crippen LogP contribution is -2.58. The van der Waals surface area contributed by atoms with E-state index in [1.807, 2.05) is 0 Å². The van der Waals surface area contributed by atoms with Gasteiger partial charge in [-0.05, 0) is 0 Å². The summed E-state index contributed by atoms with van der Waals surface area (Å²) in [6.45, 7) is -2.65. The van der Waals surface area contributed by atoms with Gasteiger partial charge in [0.15, 0.2) is 0 Å². The highest BCUT2D eigenvalue weighted by atomic mass is 32.2. The smallest absolute Gasteiger partial charge is 0.380 e. The number of halogens is 8. The molecule has 19 heavy (non-hydrogen) atoms. The third-order valence-corrected chi connectivity index (χ3v) is 1.35. The third-order valence-electron chi connectivity index (χ3n) is 1.35. The van der Waals surface area contributed by atoms with E-state index >= 15 is 0 Å². The molecule has 0 aliphatic heterocycles. The Bertz CT molecular complexity index is 371. The van der Waals surface area contributed by atoms with E-state index in [-0.39, 0.29) is 0 Å². The number of rotatable bonds is 4. The monoisotopic (exact) mass is 328 g/mol. The maximum absolute atomic E-state index is 12.1. The van der Waals surface area contributed by atoms with E-state index < -0.39 is 40.9 Å². The van der Waals surface area contributed by atoms with Crippen LogP contribution in [0.4, 0.5) is 35.1 Å². The van der Waals surface area contributed by atoms with Gasteiger partial charge >= 0.3 is 24.2 Å². The summed E-state index contributed by atoms with van der Waals surface area (Å²) in [4.78, 5) is 0. The van der Waals surface area contributed by atoms with E-state index in [0.29, 0.717) is 6.26 Å². The van der Waals surface area contributed by atoms with Gasteiger partial charge in [-0.15, -0.1) is 0 Å². The van der Waals surface area contributed by atoms with Crippen LogP contribution in [0.1, 0.15) is 0 Å². The van der Waals surface area contributed by atoms with Crippen molar-refractivity contribution >= 4 is 10.1 Å². The summed E-state index contributed by atoms with van der Waals surface area (Å²) in [6.07, 6.45) is -4.23. The van der Waals surface area contributed by atoms with Crippen molar-refractivity contribution in [2.45, 2.75) is 24.2 Å². The van der Waals surface area contributed by atoms with Gasteiger partial charge in [0.05, 0.1) is 6.26 Å². The molecule has 0 aliphatic rings. The molecule has 13 heteroatoms. The summed E-state index contributed by atoms with van der Waals surface area (Å²) in [5.41, 5.74) is 0. The Hall–Kier alpha value is -0.690. The van der Waals surface area contributed by atoms with Gasteiger partial charge in [-0.1, -0.05) is 0 Å². The van der Waals surface area contributed by atoms with Crippen LogP contribution in [0.5, 0.6) is 0 Å². The molecule has 2 N–H and O–H groups in total. The highest BCUT2D eigenvalue weighted by Gasteiger charge is 2.75. The molecule has 0 spiro atoms. The van der Waals surface area contributed by atoms with Crippen molar-refractivity contribution in [2.75, 3.05) is 12.9 Å². The fourth-order valence-corrected chi connectivity index (χ4v) is 0.480. The standard InChI is InChI=1S/C5H4F8O.CH4O3S/c6-2(7)4(10,11)5(12,13)3(8,9)1-14;1-5(2,3)4/h2,14H,1H2;1H3,(H,2,3,4). The summed E-state index contributed by atoms with van der Waals surface area (Å²) in [5.74, 6) is -18.1. The highest BCUT2D eigenvalue weighted by Crippen LogP contribution is 2.48. The zero-order valence-electron chi connectivity index (χ0n) is 8.93. The molecule has 0 aromatic rings. The van der Waals surface area contributed by atoms with Crippen LogP contribution in [0, 0.1) is 0 Å². The van der Waals surface area contributed by atoms with Crippen molar-refractivity contribution in [1.29, 1.82) is 0 Å². The quantitative estimate of drug-likeness (QED) is 0.608. The van der Waals surface area contributed by atoms with Crippen LogP contribution < -0.4 is 0 Å². The average molecular weight is 328 g/mol. The van der Waals surface area contributed by atoms with E-state index in [9.17, 15) is 43.5 Å². The maximum Gasteiger partial charge on any atom is 0.380 e. The van der Waals surface area contributed by atoms with Gasteiger partial charge in [0, 0.05) is 0 Å². The topological polar surface area (TPSA) is 74.6 Å². The van der Waals surface area contributed by atoms with E-state index in [2.05, 4.69) is 0 Å². The lowest BCUT2D eigenvalue weighted by molar-refractivity contribution is -0.343. The molecule has 0 fully saturated rings. The molecule has 0 saturated carbocycles. The van der Waals surface area contributed by atoms with Gasteiger partial charge in [0.2, 0.25) is 0 Å². The molecule has 0 heterocycles. The van der Waals surface area contributed by atoms with Crippen molar-refractivity contribution in [2.24, 2.45) is 0 Å². The zero-order valence-corrected chi connectivity index (χ0v) is 9.74.